The Kier molecular flexibility index (Phi) is 3.64. The van der Waals surface area contributed by atoms with Crippen LogP contribution < -0.4 is 5.32 Å². The molecule has 0 amide bonds. The molecule has 1 heterocycles. The summed E-state index contributed by atoms with van der Waals surface area (Å²) < 4.78 is 13.4. The molecule has 2 rings (SSSR count). The standard InChI is InChI=1S/C14H16FN3O/c1-4-10-8(2)17-13(18-14(10)16-3)9-5-6-12(19)11(15)7-9/h5-7,19H,4H2,1-3H3,(H,16,17,18). The molecule has 4 nitrogen and oxygen atoms in total. The van der Waals surface area contributed by atoms with Crippen molar-refractivity contribution in [1.29, 1.82) is 0 Å². The summed E-state index contributed by atoms with van der Waals surface area (Å²) >= 11 is 0. The Bertz CT molecular complexity index is 614. The van der Waals surface area contributed by atoms with Crippen LogP contribution in [0.2, 0.25) is 0 Å². The van der Waals surface area contributed by atoms with E-state index in [1.54, 1.807) is 13.1 Å². The molecule has 0 spiro atoms. The summed E-state index contributed by atoms with van der Waals surface area (Å²) in [6, 6.07) is 4.13. The molecular formula is C14H16FN3O. The lowest BCUT2D eigenvalue weighted by Crippen LogP contribution is -2.05. The summed E-state index contributed by atoms with van der Waals surface area (Å²) in [7, 11) is 1.79. The summed E-state index contributed by atoms with van der Waals surface area (Å²) in [4.78, 5) is 8.79. The first-order valence-corrected chi connectivity index (χ1v) is 6.11. The summed E-state index contributed by atoms with van der Waals surface area (Å²) in [6.45, 7) is 3.94. The predicted molar refractivity (Wildman–Crippen MR) is 72.8 cm³/mol. The zero-order valence-electron chi connectivity index (χ0n) is 11.2. The number of aryl methyl sites for hydroxylation is 1. The summed E-state index contributed by atoms with van der Waals surface area (Å²) in [5, 5.41) is 12.2. The Balaban J connectivity index is 2.56. The highest BCUT2D eigenvalue weighted by Crippen LogP contribution is 2.25. The van der Waals surface area contributed by atoms with E-state index < -0.39 is 5.82 Å². The normalized spacial score (nSPS) is 10.5. The minimum atomic E-state index is -0.677. The summed E-state index contributed by atoms with van der Waals surface area (Å²) in [6.07, 6.45) is 0.826. The van der Waals surface area contributed by atoms with Gasteiger partial charge in [0.15, 0.2) is 17.4 Å². The third-order valence-corrected chi connectivity index (χ3v) is 3.01. The van der Waals surface area contributed by atoms with E-state index in [-0.39, 0.29) is 5.75 Å². The van der Waals surface area contributed by atoms with Crippen molar-refractivity contribution in [2.75, 3.05) is 12.4 Å². The van der Waals surface area contributed by atoms with Crippen molar-refractivity contribution in [2.45, 2.75) is 20.3 Å². The number of halogens is 1. The van der Waals surface area contributed by atoms with Crippen LogP contribution in [-0.2, 0) is 6.42 Å². The minimum Gasteiger partial charge on any atom is -0.505 e. The monoisotopic (exact) mass is 261 g/mol. The van der Waals surface area contributed by atoms with Crippen molar-refractivity contribution in [3.8, 4) is 17.1 Å². The number of aromatic nitrogens is 2. The van der Waals surface area contributed by atoms with Crippen LogP contribution in [-0.4, -0.2) is 22.1 Å². The molecule has 19 heavy (non-hydrogen) atoms. The SMILES string of the molecule is CCc1c(C)nc(-c2ccc(O)c(F)c2)nc1NC. The molecule has 2 N–H and O–H groups in total. The maximum Gasteiger partial charge on any atom is 0.165 e. The highest BCUT2D eigenvalue weighted by Gasteiger charge is 2.12. The van der Waals surface area contributed by atoms with Gasteiger partial charge in [-0.3, -0.25) is 0 Å². The highest BCUT2D eigenvalue weighted by atomic mass is 19.1. The molecule has 0 aliphatic carbocycles. The fourth-order valence-corrected chi connectivity index (χ4v) is 2.00. The van der Waals surface area contributed by atoms with Crippen molar-refractivity contribution in [3.63, 3.8) is 0 Å². The average Bonchev–Trinajstić information content (AvgIpc) is 2.40. The number of aromatic hydroxyl groups is 1. The van der Waals surface area contributed by atoms with E-state index in [4.69, 9.17) is 0 Å². The van der Waals surface area contributed by atoms with Crippen LogP contribution in [0.15, 0.2) is 18.2 Å². The number of phenolic OH excluding ortho intramolecular Hbond substituents is 1. The highest BCUT2D eigenvalue weighted by molar-refractivity contribution is 5.60. The Labute approximate surface area is 111 Å². The molecule has 5 heteroatoms. The van der Waals surface area contributed by atoms with Gasteiger partial charge in [0.25, 0.3) is 0 Å². The van der Waals surface area contributed by atoms with Crippen LogP contribution in [0.25, 0.3) is 11.4 Å². The second-order valence-electron chi connectivity index (χ2n) is 4.23. The molecule has 0 unspecified atom stereocenters. The van der Waals surface area contributed by atoms with Crippen molar-refractivity contribution in [2.24, 2.45) is 0 Å². The molecule has 1 aromatic heterocycles. The number of nitrogens with one attached hydrogen (secondary N) is 1. The molecule has 2 aromatic rings. The Morgan fingerprint density at radius 2 is 2.05 bits per heavy atom. The van der Waals surface area contributed by atoms with Gasteiger partial charge in [0.2, 0.25) is 0 Å². The van der Waals surface area contributed by atoms with Gasteiger partial charge < -0.3 is 10.4 Å². The smallest absolute Gasteiger partial charge is 0.165 e. The second-order valence-corrected chi connectivity index (χ2v) is 4.23. The van der Waals surface area contributed by atoms with Crippen molar-refractivity contribution >= 4 is 5.82 Å². The molecule has 0 bridgehead atoms. The van der Waals surface area contributed by atoms with Gasteiger partial charge in [0.05, 0.1) is 0 Å². The van der Waals surface area contributed by atoms with Crippen LogP contribution >= 0.6 is 0 Å². The van der Waals surface area contributed by atoms with Crippen molar-refractivity contribution < 1.29 is 9.50 Å². The molecule has 0 aliphatic heterocycles. The third-order valence-electron chi connectivity index (χ3n) is 3.01. The molecule has 0 saturated heterocycles. The van der Waals surface area contributed by atoms with E-state index in [0.29, 0.717) is 11.4 Å². The van der Waals surface area contributed by atoms with Crippen LogP contribution in [0.5, 0.6) is 5.75 Å². The predicted octanol–water partition coefficient (Wildman–Crippen LogP) is 2.90. The van der Waals surface area contributed by atoms with Gasteiger partial charge in [-0.15, -0.1) is 0 Å². The Hall–Kier alpha value is -2.17. The number of hydrogen-bond acceptors (Lipinski definition) is 4. The third kappa shape index (κ3) is 2.50. The van der Waals surface area contributed by atoms with Crippen LogP contribution in [0.4, 0.5) is 10.2 Å². The van der Waals surface area contributed by atoms with Crippen LogP contribution in [0.1, 0.15) is 18.2 Å². The van der Waals surface area contributed by atoms with E-state index in [2.05, 4.69) is 15.3 Å². The van der Waals surface area contributed by atoms with Gasteiger partial charge in [-0.25, -0.2) is 14.4 Å². The molecule has 0 radical (unpaired) electrons. The zero-order valence-corrected chi connectivity index (χ0v) is 11.2. The van der Waals surface area contributed by atoms with E-state index in [1.807, 2.05) is 13.8 Å². The molecule has 0 fully saturated rings. The fourth-order valence-electron chi connectivity index (χ4n) is 2.00. The quantitative estimate of drug-likeness (QED) is 0.892. The van der Waals surface area contributed by atoms with E-state index >= 15 is 0 Å². The first-order chi connectivity index (χ1) is 9.06. The molecule has 0 saturated carbocycles. The molecule has 100 valence electrons. The maximum atomic E-state index is 13.4. The summed E-state index contributed by atoms with van der Waals surface area (Å²) in [5.41, 5.74) is 2.45. The fraction of sp³-hybridized carbons (Fsp3) is 0.286. The van der Waals surface area contributed by atoms with Gasteiger partial charge in [-0.1, -0.05) is 6.92 Å². The zero-order chi connectivity index (χ0) is 14.0. The lowest BCUT2D eigenvalue weighted by Gasteiger charge is -2.11. The van der Waals surface area contributed by atoms with Crippen molar-refractivity contribution in [3.05, 3.63) is 35.3 Å². The first kappa shape index (κ1) is 13.3. The van der Waals surface area contributed by atoms with Gasteiger partial charge in [0, 0.05) is 23.9 Å². The largest absolute Gasteiger partial charge is 0.505 e. The second kappa shape index (κ2) is 5.22. The molecule has 1 aromatic carbocycles. The topological polar surface area (TPSA) is 58.0 Å². The molecular weight excluding hydrogens is 245 g/mol. The molecule has 0 aliphatic rings. The number of benzene rings is 1. The number of rotatable bonds is 3. The lowest BCUT2D eigenvalue weighted by atomic mass is 10.1. The lowest BCUT2D eigenvalue weighted by molar-refractivity contribution is 0.432. The minimum absolute atomic E-state index is 0.375. The Morgan fingerprint density at radius 3 is 2.63 bits per heavy atom. The van der Waals surface area contributed by atoms with Gasteiger partial charge in [-0.05, 0) is 31.5 Å². The van der Waals surface area contributed by atoms with Crippen molar-refractivity contribution in [1.82, 2.24) is 9.97 Å². The van der Waals surface area contributed by atoms with Crippen LogP contribution in [0, 0.1) is 12.7 Å². The number of anilines is 1. The number of phenols is 1. The number of hydrogen-bond donors (Lipinski definition) is 2. The van der Waals surface area contributed by atoms with E-state index in [0.717, 1.165) is 23.5 Å². The average molecular weight is 261 g/mol. The van der Waals surface area contributed by atoms with Crippen LogP contribution in [0.3, 0.4) is 0 Å². The van der Waals surface area contributed by atoms with E-state index in [9.17, 15) is 9.50 Å². The maximum absolute atomic E-state index is 13.4. The number of nitrogens with zero attached hydrogens (tertiary/aromatic N) is 2. The van der Waals surface area contributed by atoms with Gasteiger partial charge >= 0.3 is 0 Å². The van der Waals surface area contributed by atoms with E-state index in [1.165, 1.54) is 12.1 Å². The molecule has 0 atom stereocenters. The Morgan fingerprint density at radius 1 is 1.32 bits per heavy atom. The summed E-state index contributed by atoms with van der Waals surface area (Å²) in [5.74, 6) is 0.139. The van der Waals surface area contributed by atoms with Gasteiger partial charge in [0.1, 0.15) is 5.82 Å². The first-order valence-electron chi connectivity index (χ1n) is 6.11. The van der Waals surface area contributed by atoms with Gasteiger partial charge in [-0.2, -0.15) is 0 Å².